The second-order valence-electron chi connectivity index (χ2n) is 1.94. The lowest BCUT2D eigenvalue weighted by Crippen LogP contribution is -2.19. The number of carbonyl (C=O) groups is 1. The number of aromatic nitrogens is 2. The monoisotopic (exact) mass is 202 g/mol. The van der Waals surface area contributed by atoms with Crippen LogP contribution in [0.4, 0.5) is 5.13 Å². The SMILES string of the molecule is NC(=S)CC(=O)Nc1nncs1. The van der Waals surface area contributed by atoms with E-state index in [1.54, 1.807) is 0 Å². The molecule has 0 bridgehead atoms. The molecule has 0 aliphatic carbocycles. The lowest BCUT2D eigenvalue weighted by atomic mass is 10.4. The van der Waals surface area contributed by atoms with E-state index in [4.69, 9.17) is 5.73 Å². The molecule has 0 radical (unpaired) electrons. The molecule has 1 aromatic rings. The highest BCUT2D eigenvalue weighted by Crippen LogP contribution is 2.07. The molecule has 0 aliphatic heterocycles. The molecule has 0 atom stereocenters. The Bertz CT molecular complexity index is 284. The molecule has 0 aromatic carbocycles. The van der Waals surface area contributed by atoms with Crippen LogP contribution in [0.5, 0.6) is 0 Å². The topological polar surface area (TPSA) is 80.9 Å². The smallest absolute Gasteiger partial charge is 0.233 e. The second kappa shape index (κ2) is 4.07. The van der Waals surface area contributed by atoms with Gasteiger partial charge < -0.3 is 11.1 Å². The van der Waals surface area contributed by atoms with Gasteiger partial charge in [-0.05, 0) is 0 Å². The Morgan fingerprint density at radius 2 is 2.58 bits per heavy atom. The Labute approximate surface area is 78.0 Å². The predicted octanol–water partition coefficient (Wildman–Crippen LogP) is 0.153. The van der Waals surface area contributed by atoms with Crippen LogP contribution in [-0.4, -0.2) is 21.1 Å². The van der Waals surface area contributed by atoms with Crippen LogP contribution in [0.3, 0.4) is 0 Å². The summed E-state index contributed by atoms with van der Waals surface area (Å²) in [5, 5.41) is 10.1. The van der Waals surface area contributed by atoms with Crippen LogP contribution in [0, 0.1) is 0 Å². The largest absolute Gasteiger partial charge is 0.393 e. The van der Waals surface area contributed by atoms with E-state index >= 15 is 0 Å². The molecule has 0 saturated heterocycles. The van der Waals surface area contributed by atoms with Gasteiger partial charge in [-0.3, -0.25) is 4.79 Å². The van der Waals surface area contributed by atoms with Crippen LogP contribution in [0.2, 0.25) is 0 Å². The van der Waals surface area contributed by atoms with Gasteiger partial charge in [-0.25, -0.2) is 0 Å². The Morgan fingerprint density at radius 3 is 3.08 bits per heavy atom. The van der Waals surface area contributed by atoms with Crippen LogP contribution in [-0.2, 0) is 4.79 Å². The summed E-state index contributed by atoms with van der Waals surface area (Å²) < 4.78 is 0. The van der Waals surface area contributed by atoms with Crippen molar-refractivity contribution >= 4 is 39.6 Å². The summed E-state index contributed by atoms with van der Waals surface area (Å²) in [6.07, 6.45) is 0.0366. The Kier molecular flexibility index (Phi) is 3.06. The summed E-state index contributed by atoms with van der Waals surface area (Å²) in [5.74, 6) is -0.265. The fourth-order valence-electron chi connectivity index (χ4n) is 0.549. The summed E-state index contributed by atoms with van der Waals surface area (Å²) >= 11 is 5.79. The summed E-state index contributed by atoms with van der Waals surface area (Å²) in [6, 6.07) is 0. The van der Waals surface area contributed by atoms with Gasteiger partial charge in [0.2, 0.25) is 11.0 Å². The number of hydrogen-bond acceptors (Lipinski definition) is 5. The average Bonchev–Trinajstić information content (AvgIpc) is 2.37. The van der Waals surface area contributed by atoms with Crippen molar-refractivity contribution in [1.82, 2.24) is 10.2 Å². The van der Waals surface area contributed by atoms with Gasteiger partial charge in [0.25, 0.3) is 0 Å². The van der Waals surface area contributed by atoms with Crippen LogP contribution in [0.1, 0.15) is 6.42 Å². The molecule has 7 heteroatoms. The van der Waals surface area contributed by atoms with Crippen molar-refractivity contribution in [3.63, 3.8) is 0 Å². The quantitative estimate of drug-likeness (QED) is 0.682. The molecular weight excluding hydrogens is 196 g/mol. The zero-order valence-electron chi connectivity index (χ0n) is 5.98. The second-order valence-corrected chi connectivity index (χ2v) is 3.29. The number of carbonyl (C=O) groups excluding carboxylic acids is 1. The minimum atomic E-state index is -0.265. The molecule has 12 heavy (non-hydrogen) atoms. The molecular formula is C5H6N4OS2. The molecule has 1 aromatic heterocycles. The van der Waals surface area contributed by atoms with E-state index in [1.807, 2.05) is 0 Å². The highest BCUT2D eigenvalue weighted by molar-refractivity contribution is 7.80. The number of nitrogens with two attached hydrogens (primary N) is 1. The third-order valence-corrected chi connectivity index (χ3v) is 1.69. The maximum Gasteiger partial charge on any atom is 0.233 e. The lowest BCUT2D eigenvalue weighted by Gasteiger charge is -1.97. The van der Waals surface area contributed by atoms with Crippen molar-refractivity contribution in [2.45, 2.75) is 6.42 Å². The van der Waals surface area contributed by atoms with Crippen molar-refractivity contribution in [2.24, 2.45) is 5.73 Å². The van der Waals surface area contributed by atoms with Crippen LogP contribution in [0.15, 0.2) is 5.51 Å². The molecule has 0 fully saturated rings. The van der Waals surface area contributed by atoms with E-state index in [9.17, 15) is 4.79 Å². The van der Waals surface area contributed by atoms with E-state index < -0.39 is 0 Å². The molecule has 1 heterocycles. The van der Waals surface area contributed by atoms with Gasteiger partial charge >= 0.3 is 0 Å². The minimum absolute atomic E-state index is 0.0366. The first kappa shape index (κ1) is 9.01. The normalized spacial score (nSPS) is 9.33. The fourth-order valence-corrected chi connectivity index (χ4v) is 1.14. The highest BCUT2D eigenvalue weighted by atomic mass is 32.1. The number of rotatable bonds is 3. The fraction of sp³-hybridized carbons (Fsp3) is 0.200. The number of hydrogen-bond donors (Lipinski definition) is 2. The van der Waals surface area contributed by atoms with Crippen LogP contribution < -0.4 is 11.1 Å². The zero-order valence-corrected chi connectivity index (χ0v) is 7.61. The summed E-state index contributed by atoms with van der Waals surface area (Å²) in [4.78, 5) is 11.1. The number of thiocarbonyl (C=S) groups is 1. The Hall–Kier alpha value is -1.08. The van der Waals surface area contributed by atoms with Gasteiger partial charge in [0.15, 0.2) is 0 Å². The number of nitrogens with one attached hydrogen (secondary N) is 1. The average molecular weight is 202 g/mol. The molecule has 0 spiro atoms. The van der Waals surface area contributed by atoms with Crippen LogP contribution >= 0.6 is 23.6 Å². The number of nitrogens with zero attached hydrogens (tertiary/aromatic N) is 2. The summed E-state index contributed by atoms with van der Waals surface area (Å²) in [7, 11) is 0. The first-order valence-electron chi connectivity index (χ1n) is 3.03. The van der Waals surface area contributed by atoms with E-state index in [1.165, 1.54) is 16.8 Å². The van der Waals surface area contributed by atoms with Gasteiger partial charge in [0.1, 0.15) is 5.51 Å². The maximum atomic E-state index is 11.0. The molecule has 0 unspecified atom stereocenters. The Morgan fingerprint density at radius 1 is 1.83 bits per heavy atom. The molecule has 5 nitrogen and oxygen atoms in total. The van der Waals surface area contributed by atoms with Gasteiger partial charge in [0.05, 0.1) is 11.4 Å². The maximum absolute atomic E-state index is 11.0. The van der Waals surface area contributed by atoms with Gasteiger partial charge in [-0.15, -0.1) is 10.2 Å². The molecule has 64 valence electrons. The zero-order chi connectivity index (χ0) is 8.97. The third-order valence-electron chi connectivity index (χ3n) is 0.941. The van der Waals surface area contributed by atoms with E-state index in [0.29, 0.717) is 5.13 Å². The van der Waals surface area contributed by atoms with Crippen molar-refractivity contribution in [2.75, 3.05) is 5.32 Å². The van der Waals surface area contributed by atoms with E-state index in [-0.39, 0.29) is 17.3 Å². The lowest BCUT2D eigenvalue weighted by molar-refractivity contribution is -0.115. The van der Waals surface area contributed by atoms with Crippen molar-refractivity contribution in [3.05, 3.63) is 5.51 Å². The molecule has 0 saturated carbocycles. The molecule has 1 rings (SSSR count). The third kappa shape index (κ3) is 2.89. The molecule has 3 N–H and O–H groups in total. The number of amides is 1. The van der Waals surface area contributed by atoms with Crippen molar-refractivity contribution in [3.8, 4) is 0 Å². The molecule has 0 aliphatic rings. The standard InChI is InChI=1S/C5H6N4OS2/c6-3(11)1-4(10)8-5-9-7-2-12-5/h2H,1H2,(H2,6,11)(H,8,9,10). The first-order chi connectivity index (χ1) is 5.68. The minimum Gasteiger partial charge on any atom is -0.393 e. The highest BCUT2D eigenvalue weighted by Gasteiger charge is 2.04. The van der Waals surface area contributed by atoms with Crippen molar-refractivity contribution in [1.29, 1.82) is 0 Å². The first-order valence-corrected chi connectivity index (χ1v) is 4.31. The Balaban J connectivity index is 2.42. The number of anilines is 1. The van der Waals surface area contributed by atoms with E-state index in [2.05, 4.69) is 27.7 Å². The van der Waals surface area contributed by atoms with E-state index in [0.717, 1.165) is 0 Å². The summed E-state index contributed by atoms with van der Waals surface area (Å²) in [6.45, 7) is 0. The summed E-state index contributed by atoms with van der Waals surface area (Å²) in [5.41, 5.74) is 6.68. The predicted molar refractivity (Wildman–Crippen MR) is 49.9 cm³/mol. The molecule has 1 amide bonds. The van der Waals surface area contributed by atoms with Crippen LogP contribution in [0.25, 0.3) is 0 Å². The van der Waals surface area contributed by atoms with Gasteiger partial charge in [-0.1, -0.05) is 23.6 Å². The van der Waals surface area contributed by atoms with Gasteiger partial charge in [-0.2, -0.15) is 0 Å². The van der Waals surface area contributed by atoms with Gasteiger partial charge in [0, 0.05) is 0 Å². The van der Waals surface area contributed by atoms with Crippen molar-refractivity contribution < 1.29 is 4.79 Å².